The molecule has 2 aliphatic heterocycles. The Morgan fingerprint density at radius 3 is 2.42 bits per heavy atom. The van der Waals surface area contributed by atoms with Crippen LogP contribution >= 0.6 is 0 Å². The van der Waals surface area contributed by atoms with Crippen molar-refractivity contribution in [2.45, 2.75) is 54.5 Å². The summed E-state index contributed by atoms with van der Waals surface area (Å²) < 4.78 is 11.8. The average molecular weight is 449 g/mol. The molecular weight excluding hydrogens is 408 g/mol. The first-order valence-corrected chi connectivity index (χ1v) is 11.9. The highest BCUT2D eigenvalue weighted by Gasteiger charge is 2.40. The van der Waals surface area contributed by atoms with E-state index in [0.29, 0.717) is 19.0 Å². The van der Waals surface area contributed by atoms with Gasteiger partial charge < -0.3 is 19.3 Å². The second-order valence-corrected chi connectivity index (χ2v) is 10.1. The van der Waals surface area contributed by atoms with Gasteiger partial charge in [-0.25, -0.2) is 0 Å². The summed E-state index contributed by atoms with van der Waals surface area (Å²) in [5.74, 6) is 1.60. The summed E-state index contributed by atoms with van der Waals surface area (Å²) in [5.41, 5.74) is 5.51. The first-order valence-electron chi connectivity index (χ1n) is 11.9. The Morgan fingerprint density at radius 2 is 1.85 bits per heavy atom. The summed E-state index contributed by atoms with van der Waals surface area (Å²) >= 11 is 0. The van der Waals surface area contributed by atoms with Gasteiger partial charge in [-0.2, -0.15) is 0 Å². The molecule has 2 heterocycles. The number of benzene rings is 1. The molecule has 0 N–H and O–H groups in total. The van der Waals surface area contributed by atoms with Gasteiger partial charge in [0, 0.05) is 35.8 Å². The number of allylic oxidation sites excluding steroid dienone is 2. The van der Waals surface area contributed by atoms with Crippen molar-refractivity contribution < 1.29 is 9.47 Å². The molecule has 1 aromatic carbocycles. The molecule has 0 saturated carbocycles. The van der Waals surface area contributed by atoms with Crippen molar-refractivity contribution in [1.82, 2.24) is 9.80 Å². The molecule has 33 heavy (non-hydrogen) atoms. The molecule has 0 radical (unpaired) electrons. The van der Waals surface area contributed by atoms with E-state index in [1.807, 2.05) is 13.8 Å². The van der Waals surface area contributed by atoms with E-state index in [0.717, 1.165) is 34.4 Å². The lowest BCUT2D eigenvalue weighted by Gasteiger charge is -2.50. The number of hydrogen-bond acceptors (Lipinski definition) is 4. The lowest BCUT2D eigenvalue weighted by molar-refractivity contribution is 0.128. The van der Waals surface area contributed by atoms with Gasteiger partial charge in [0.25, 0.3) is 0 Å². The van der Waals surface area contributed by atoms with Crippen molar-refractivity contribution in [3.05, 3.63) is 76.7 Å². The van der Waals surface area contributed by atoms with Crippen molar-refractivity contribution in [2.75, 3.05) is 26.8 Å². The molecule has 3 rings (SSSR count). The van der Waals surface area contributed by atoms with Gasteiger partial charge in [-0.15, -0.1) is 0 Å². The van der Waals surface area contributed by atoms with Crippen LogP contribution in [-0.2, 0) is 4.74 Å². The maximum atomic E-state index is 6.03. The highest BCUT2D eigenvalue weighted by Crippen LogP contribution is 2.41. The van der Waals surface area contributed by atoms with E-state index in [1.165, 1.54) is 16.5 Å². The molecule has 0 aromatic heterocycles. The maximum absolute atomic E-state index is 6.03. The standard InChI is InChI=1S/C29H40N2O2/c1-11-32-21(6)23-17-31-24(16-20(23)5)28(30(10)18-26(31)29(7,8)9)22-14-13-15-25(33-12-2)27(22)19(3)4/h13-17,26H,5-6,11-12,18H2,1-4,7-10H3/b28-22-. The summed E-state index contributed by atoms with van der Waals surface area (Å²) in [7, 11) is 2.19. The number of nitrogens with zero attached hydrogens (tertiary/aromatic N) is 2. The smallest absolute Gasteiger partial charge is 0.127 e. The molecule has 2 aliphatic rings. The van der Waals surface area contributed by atoms with Crippen molar-refractivity contribution >= 4 is 11.3 Å². The van der Waals surface area contributed by atoms with Gasteiger partial charge in [-0.1, -0.05) is 51.6 Å². The number of fused-ring (bicyclic) bond motifs is 1. The van der Waals surface area contributed by atoms with Crippen LogP contribution in [0.5, 0.6) is 5.75 Å². The van der Waals surface area contributed by atoms with Crippen LogP contribution in [0.3, 0.4) is 0 Å². The minimum Gasteiger partial charge on any atom is -0.494 e. The second-order valence-electron chi connectivity index (χ2n) is 10.1. The largest absolute Gasteiger partial charge is 0.494 e. The van der Waals surface area contributed by atoms with Crippen LogP contribution in [0.4, 0.5) is 0 Å². The van der Waals surface area contributed by atoms with Crippen LogP contribution < -0.4 is 15.2 Å². The van der Waals surface area contributed by atoms with Crippen LogP contribution in [0.15, 0.2) is 66.2 Å². The van der Waals surface area contributed by atoms with Gasteiger partial charge >= 0.3 is 0 Å². The fourth-order valence-electron chi connectivity index (χ4n) is 4.75. The minimum atomic E-state index is 0.0644. The zero-order chi connectivity index (χ0) is 24.5. The Morgan fingerprint density at radius 1 is 1.15 bits per heavy atom. The van der Waals surface area contributed by atoms with Crippen molar-refractivity contribution in [3.8, 4) is 5.75 Å². The molecule has 1 atom stereocenters. The third-order valence-corrected chi connectivity index (χ3v) is 6.31. The zero-order valence-electron chi connectivity index (χ0n) is 21.7. The number of likely N-dealkylation sites (N-methyl/N-ethyl adjacent to an activating group) is 1. The summed E-state index contributed by atoms with van der Waals surface area (Å²) in [5, 5.41) is 2.34. The topological polar surface area (TPSA) is 24.9 Å². The zero-order valence-corrected chi connectivity index (χ0v) is 21.7. The molecule has 0 aliphatic carbocycles. The van der Waals surface area contributed by atoms with Crippen LogP contribution in [0.1, 0.15) is 48.5 Å². The van der Waals surface area contributed by atoms with Gasteiger partial charge in [0.2, 0.25) is 0 Å². The highest BCUT2D eigenvalue weighted by molar-refractivity contribution is 5.70. The van der Waals surface area contributed by atoms with Crippen LogP contribution in [0.2, 0.25) is 0 Å². The van der Waals surface area contributed by atoms with Gasteiger partial charge in [-0.05, 0) is 50.8 Å². The fraction of sp³-hybridized carbons (Fsp3) is 0.448. The molecule has 1 aromatic rings. The third-order valence-electron chi connectivity index (χ3n) is 6.31. The Balaban J connectivity index is 2.34. The fourth-order valence-corrected chi connectivity index (χ4v) is 4.75. The number of rotatable bonds is 5. The van der Waals surface area contributed by atoms with E-state index in [9.17, 15) is 0 Å². The SMILES string of the molecule is C=C1C=C2/C(=c3\cccc(OCC)c3=C(C)C)N(C)CC(C(C)(C)C)N2C=C1C(=C)OCC. The van der Waals surface area contributed by atoms with E-state index in [-0.39, 0.29) is 11.5 Å². The van der Waals surface area contributed by atoms with E-state index in [1.54, 1.807) is 0 Å². The normalized spacial score (nSPS) is 20.1. The second kappa shape index (κ2) is 9.54. The molecule has 178 valence electrons. The molecule has 1 unspecified atom stereocenters. The molecule has 0 bridgehead atoms. The maximum Gasteiger partial charge on any atom is 0.127 e. The molecule has 1 saturated heterocycles. The Bertz CT molecular complexity index is 1130. The van der Waals surface area contributed by atoms with Gasteiger partial charge in [0.15, 0.2) is 0 Å². The van der Waals surface area contributed by atoms with Crippen LogP contribution in [-0.4, -0.2) is 42.6 Å². The molecule has 0 amide bonds. The van der Waals surface area contributed by atoms with Crippen LogP contribution in [0, 0.1) is 5.41 Å². The molecule has 1 fully saturated rings. The quantitative estimate of drug-likeness (QED) is 0.596. The monoisotopic (exact) mass is 448 g/mol. The first kappa shape index (κ1) is 24.8. The average Bonchev–Trinajstić information content (AvgIpc) is 2.72. The molecule has 4 nitrogen and oxygen atoms in total. The van der Waals surface area contributed by atoms with Gasteiger partial charge in [0.05, 0.1) is 30.6 Å². The molecular formula is C29H40N2O2. The van der Waals surface area contributed by atoms with Gasteiger partial charge in [0.1, 0.15) is 11.5 Å². The van der Waals surface area contributed by atoms with Crippen molar-refractivity contribution in [1.29, 1.82) is 0 Å². The van der Waals surface area contributed by atoms with Crippen LogP contribution in [0.25, 0.3) is 11.3 Å². The number of ether oxygens (including phenoxy) is 2. The number of hydrogen-bond donors (Lipinski definition) is 0. The molecule has 0 spiro atoms. The lowest BCUT2D eigenvalue weighted by atomic mass is 9.82. The van der Waals surface area contributed by atoms with E-state index in [4.69, 9.17) is 9.47 Å². The predicted octanol–water partition coefficient (Wildman–Crippen LogP) is 4.93. The Labute approximate surface area is 199 Å². The number of piperazine rings is 1. The first-order chi connectivity index (χ1) is 15.5. The summed E-state index contributed by atoms with van der Waals surface area (Å²) in [6.07, 6.45) is 4.37. The van der Waals surface area contributed by atoms with Gasteiger partial charge in [-0.3, -0.25) is 0 Å². The van der Waals surface area contributed by atoms with Crippen molar-refractivity contribution in [2.24, 2.45) is 5.41 Å². The Hall–Kier alpha value is -2.88. The minimum absolute atomic E-state index is 0.0644. The third kappa shape index (κ3) is 4.75. The van der Waals surface area contributed by atoms with E-state index >= 15 is 0 Å². The summed E-state index contributed by atoms with van der Waals surface area (Å²) in [4.78, 5) is 4.80. The van der Waals surface area contributed by atoms with Crippen molar-refractivity contribution in [3.63, 3.8) is 0 Å². The highest BCUT2D eigenvalue weighted by atomic mass is 16.5. The molecule has 4 heteroatoms. The lowest BCUT2D eigenvalue weighted by Crippen LogP contribution is -2.55. The summed E-state index contributed by atoms with van der Waals surface area (Å²) in [6, 6.07) is 6.63. The van der Waals surface area contributed by atoms with E-state index < -0.39 is 0 Å². The predicted molar refractivity (Wildman–Crippen MR) is 139 cm³/mol. The van der Waals surface area contributed by atoms with E-state index in [2.05, 4.69) is 95.1 Å². The Kier molecular flexibility index (Phi) is 7.16. The summed E-state index contributed by atoms with van der Waals surface area (Å²) in [6.45, 7) is 25.9.